The minimum absolute atomic E-state index is 0.0188. The lowest BCUT2D eigenvalue weighted by Crippen LogP contribution is -2.54. The zero-order valence-electron chi connectivity index (χ0n) is 22.0. The van der Waals surface area contributed by atoms with Crippen LogP contribution in [0.3, 0.4) is 0 Å². The first-order valence-electron chi connectivity index (χ1n) is 11.5. The van der Waals surface area contributed by atoms with Gasteiger partial charge < -0.3 is 13.7 Å². The highest BCUT2D eigenvalue weighted by atomic mass is 28.4. The Hall–Kier alpha value is -1.12. The third-order valence-electron chi connectivity index (χ3n) is 7.43. The topological polar surface area (TPSA) is 85.8 Å². The number of hydrogen-bond donors (Lipinski definition) is 1. The van der Waals surface area contributed by atoms with Crippen molar-refractivity contribution in [2.75, 3.05) is 13.7 Å². The second kappa shape index (κ2) is 9.50. The summed E-state index contributed by atoms with van der Waals surface area (Å²) in [5, 5.41) is 1.47. The second-order valence-electron chi connectivity index (χ2n) is 12.0. The van der Waals surface area contributed by atoms with Crippen LogP contribution >= 0.6 is 0 Å². The predicted octanol–water partition coefficient (Wildman–Crippen LogP) is 4.03. The van der Waals surface area contributed by atoms with Crippen molar-refractivity contribution in [3.8, 4) is 0 Å². The van der Waals surface area contributed by atoms with Gasteiger partial charge in [0.25, 0.3) is 5.56 Å². The van der Waals surface area contributed by atoms with Gasteiger partial charge in [0.05, 0.1) is 12.6 Å². The summed E-state index contributed by atoms with van der Waals surface area (Å²) >= 11 is 0. The smallest absolute Gasteiger partial charge is 0.330 e. The Morgan fingerprint density at radius 1 is 1.09 bits per heavy atom. The first-order valence-corrected chi connectivity index (χ1v) is 17.3. The van der Waals surface area contributed by atoms with Crippen molar-refractivity contribution in [3.63, 3.8) is 0 Å². The van der Waals surface area contributed by atoms with E-state index in [-0.39, 0.29) is 16.7 Å². The maximum atomic E-state index is 15.9. The highest BCUT2D eigenvalue weighted by molar-refractivity contribution is 6.74. The van der Waals surface area contributed by atoms with Gasteiger partial charge in [-0.2, -0.15) is 5.06 Å². The molecule has 8 nitrogen and oxygen atoms in total. The number of hydroxylamine groups is 2. The lowest BCUT2D eigenvalue weighted by atomic mass is 10.1. The molecule has 0 unspecified atom stereocenters. The molecule has 33 heavy (non-hydrogen) atoms. The van der Waals surface area contributed by atoms with E-state index >= 15 is 4.39 Å². The predicted molar refractivity (Wildman–Crippen MR) is 133 cm³/mol. The van der Waals surface area contributed by atoms with Crippen molar-refractivity contribution >= 4 is 16.6 Å². The minimum Gasteiger partial charge on any atom is -0.414 e. The number of halogens is 1. The standard InChI is InChI=1S/C22H42FN3O5Si2/c1-21(2,3)32(8,9)29-14-15-18(25(7)31-33(10,11)22(4,5)6)17(23)19(30-15)26-13-12-16(27)24-20(26)28/h12-13,15,17-19H,14H2,1-11H3,(H,24,27,28)/t15-,17+,18-,19-/m1/s1. The number of H-pyrrole nitrogens is 1. The average molecular weight is 504 g/mol. The highest BCUT2D eigenvalue weighted by Crippen LogP contribution is 2.41. The van der Waals surface area contributed by atoms with Gasteiger partial charge in [-0.1, -0.05) is 41.5 Å². The minimum atomic E-state index is -2.25. The summed E-state index contributed by atoms with van der Waals surface area (Å²) in [6.45, 7) is 21.4. The number of aromatic nitrogens is 2. The molecule has 1 aromatic heterocycles. The van der Waals surface area contributed by atoms with E-state index in [0.717, 1.165) is 4.57 Å². The van der Waals surface area contributed by atoms with Crippen molar-refractivity contribution in [1.82, 2.24) is 14.6 Å². The number of nitrogens with zero attached hydrogens (tertiary/aromatic N) is 2. The molecule has 1 fully saturated rings. The van der Waals surface area contributed by atoms with E-state index in [1.165, 1.54) is 12.3 Å². The molecule has 1 N–H and O–H groups in total. The maximum absolute atomic E-state index is 15.9. The first kappa shape index (κ1) is 28.1. The molecule has 1 aliphatic rings. The molecule has 190 valence electrons. The third kappa shape index (κ3) is 6.12. The van der Waals surface area contributed by atoms with Crippen LogP contribution < -0.4 is 11.2 Å². The van der Waals surface area contributed by atoms with Crippen molar-refractivity contribution in [1.29, 1.82) is 0 Å². The van der Waals surface area contributed by atoms with Gasteiger partial charge in [-0.25, -0.2) is 9.18 Å². The fourth-order valence-corrected chi connectivity index (χ4v) is 5.32. The van der Waals surface area contributed by atoms with E-state index in [2.05, 4.69) is 72.7 Å². The first-order chi connectivity index (χ1) is 14.8. The molecule has 1 aromatic rings. The molecule has 0 amide bonds. The molecule has 0 radical (unpaired) electrons. The van der Waals surface area contributed by atoms with E-state index in [1.807, 2.05) is 0 Å². The number of rotatable bonds is 7. The molecule has 0 aliphatic carbocycles. The number of alkyl halides is 1. The largest absolute Gasteiger partial charge is 0.414 e. The number of hydrogen-bond acceptors (Lipinski definition) is 6. The number of aromatic amines is 1. The van der Waals surface area contributed by atoms with Crippen LogP contribution in [0.15, 0.2) is 21.9 Å². The van der Waals surface area contributed by atoms with Gasteiger partial charge >= 0.3 is 5.69 Å². The third-order valence-corrected chi connectivity index (χ3v) is 16.3. The molecule has 1 saturated heterocycles. The molecular formula is C22H42FN3O5Si2. The molecule has 1 aliphatic heterocycles. The van der Waals surface area contributed by atoms with Crippen molar-refractivity contribution < 1.29 is 18.1 Å². The van der Waals surface area contributed by atoms with E-state index in [4.69, 9.17) is 13.7 Å². The molecule has 0 saturated carbocycles. The fraction of sp³-hybridized carbons (Fsp3) is 0.818. The Bertz CT molecular complexity index is 935. The lowest BCUT2D eigenvalue weighted by Gasteiger charge is -2.42. The molecule has 2 heterocycles. The van der Waals surface area contributed by atoms with Crippen LogP contribution in [0.5, 0.6) is 0 Å². The number of ether oxygens (including phenoxy) is 1. The van der Waals surface area contributed by atoms with Gasteiger partial charge in [-0.15, -0.1) is 0 Å². The van der Waals surface area contributed by atoms with E-state index in [9.17, 15) is 9.59 Å². The van der Waals surface area contributed by atoms with Gasteiger partial charge in [-0.05, 0) is 36.3 Å². The van der Waals surface area contributed by atoms with Gasteiger partial charge in [0.15, 0.2) is 20.7 Å². The van der Waals surface area contributed by atoms with Crippen LogP contribution in [0, 0.1) is 0 Å². The van der Waals surface area contributed by atoms with Gasteiger partial charge in [-0.3, -0.25) is 14.3 Å². The Morgan fingerprint density at radius 3 is 2.12 bits per heavy atom. The normalized spacial score (nSPS) is 25.1. The molecular weight excluding hydrogens is 461 g/mol. The Labute approximate surface area is 198 Å². The zero-order chi connectivity index (χ0) is 25.6. The van der Waals surface area contributed by atoms with Crippen molar-refractivity contribution in [3.05, 3.63) is 33.1 Å². The van der Waals surface area contributed by atoms with Crippen molar-refractivity contribution in [2.45, 2.75) is 102 Å². The number of likely N-dealkylation sites (N-methyl/N-ethyl adjacent to an activating group) is 1. The van der Waals surface area contributed by atoms with E-state index < -0.39 is 52.4 Å². The molecule has 4 atom stereocenters. The summed E-state index contributed by atoms with van der Waals surface area (Å²) in [5.74, 6) is 0. The number of nitrogens with one attached hydrogen (secondary N) is 1. The fourth-order valence-electron chi connectivity index (χ4n) is 3.19. The lowest BCUT2D eigenvalue weighted by molar-refractivity contribution is -0.119. The zero-order valence-corrected chi connectivity index (χ0v) is 24.0. The highest BCUT2D eigenvalue weighted by Gasteiger charge is 2.52. The van der Waals surface area contributed by atoms with E-state index in [0.29, 0.717) is 0 Å². The van der Waals surface area contributed by atoms with Crippen LogP contribution in [-0.4, -0.2) is 63.2 Å². The van der Waals surface area contributed by atoms with Crippen LogP contribution in [0.1, 0.15) is 47.8 Å². The quantitative estimate of drug-likeness (QED) is 0.447. The van der Waals surface area contributed by atoms with Gasteiger partial charge in [0.2, 0.25) is 8.32 Å². The van der Waals surface area contributed by atoms with E-state index in [1.54, 1.807) is 12.1 Å². The van der Waals surface area contributed by atoms with Crippen LogP contribution in [-0.2, 0) is 13.7 Å². The average Bonchev–Trinajstić information content (AvgIpc) is 2.94. The summed E-state index contributed by atoms with van der Waals surface area (Å²) in [4.78, 5) is 26.0. The summed E-state index contributed by atoms with van der Waals surface area (Å²) in [5.41, 5.74) is -1.26. The molecule has 0 aromatic carbocycles. The molecule has 11 heteroatoms. The van der Waals surface area contributed by atoms with Crippen molar-refractivity contribution in [2.24, 2.45) is 0 Å². The Balaban J connectivity index is 2.38. The molecule has 0 spiro atoms. The van der Waals surface area contributed by atoms with Gasteiger partial charge in [0, 0.05) is 19.3 Å². The Morgan fingerprint density at radius 2 is 1.64 bits per heavy atom. The monoisotopic (exact) mass is 503 g/mol. The molecule has 0 bridgehead atoms. The maximum Gasteiger partial charge on any atom is 0.330 e. The molecule has 2 rings (SSSR count). The van der Waals surface area contributed by atoms with Gasteiger partial charge in [0.1, 0.15) is 6.10 Å². The van der Waals surface area contributed by atoms with Crippen LogP contribution in [0.25, 0.3) is 0 Å². The summed E-state index contributed by atoms with van der Waals surface area (Å²) in [6, 6.07) is 0.398. The Kier molecular flexibility index (Phi) is 8.10. The SMILES string of the molecule is CN(O[Si](C)(C)C(C)(C)C)[C@H]1[C@H](F)[C@H](n2ccc(=O)[nH]c2=O)O[C@@H]1CO[Si](C)(C)C(C)(C)C. The second-order valence-corrected chi connectivity index (χ2v) is 21.5. The summed E-state index contributed by atoms with van der Waals surface area (Å²) < 4.78 is 35.8. The van der Waals surface area contributed by atoms with Crippen LogP contribution in [0.4, 0.5) is 4.39 Å². The summed E-state index contributed by atoms with van der Waals surface area (Å²) in [7, 11) is -2.65. The van der Waals surface area contributed by atoms with Crippen LogP contribution in [0.2, 0.25) is 36.3 Å². The summed E-state index contributed by atoms with van der Waals surface area (Å²) in [6.07, 6.45) is -2.16.